The summed E-state index contributed by atoms with van der Waals surface area (Å²) in [5.41, 5.74) is 0. The van der Waals surface area contributed by atoms with Crippen LogP contribution in [0.5, 0.6) is 0 Å². The van der Waals surface area contributed by atoms with E-state index in [4.69, 9.17) is 5.11 Å². The van der Waals surface area contributed by atoms with Crippen LogP contribution in [0.4, 0.5) is 0 Å². The number of rotatable bonds is 1. The molecule has 2 N–H and O–H groups in total. The topological polar surface area (TPSA) is 57.5 Å². The van der Waals surface area contributed by atoms with Crippen LogP contribution >= 0.6 is 0 Å². The maximum Gasteiger partial charge on any atom is 0.307 e. The van der Waals surface area contributed by atoms with Gasteiger partial charge in [-0.2, -0.15) is 0 Å². The van der Waals surface area contributed by atoms with Crippen LogP contribution in [0.25, 0.3) is 0 Å². The van der Waals surface area contributed by atoms with Gasteiger partial charge in [0.2, 0.25) is 0 Å². The van der Waals surface area contributed by atoms with E-state index in [0.29, 0.717) is 17.8 Å². The first-order valence-corrected chi connectivity index (χ1v) is 4.12. The molecule has 0 aromatic rings. The van der Waals surface area contributed by atoms with Crippen LogP contribution in [0.3, 0.4) is 0 Å². The SMILES string of the molecule is O=C(O)[C@H]1[C@@H]2C[C@H]3[C@H]1[C@H]3[C@@H]2O. The Balaban J connectivity index is 1.97. The molecule has 4 aliphatic carbocycles. The predicted molar refractivity (Wildman–Crippen MR) is 35.7 cm³/mol. The molecule has 11 heavy (non-hydrogen) atoms. The molecule has 0 saturated heterocycles. The van der Waals surface area contributed by atoms with Crippen molar-refractivity contribution in [3.63, 3.8) is 0 Å². The summed E-state index contributed by atoms with van der Waals surface area (Å²) in [6, 6.07) is 0. The zero-order valence-corrected chi connectivity index (χ0v) is 5.97. The maximum absolute atomic E-state index is 10.7. The summed E-state index contributed by atoms with van der Waals surface area (Å²) in [5.74, 6) is 0.457. The van der Waals surface area contributed by atoms with Crippen LogP contribution in [0.2, 0.25) is 0 Å². The number of carboxylic acids is 1. The highest BCUT2D eigenvalue weighted by atomic mass is 16.4. The van der Waals surface area contributed by atoms with Crippen molar-refractivity contribution < 1.29 is 15.0 Å². The van der Waals surface area contributed by atoms with Gasteiger partial charge in [0, 0.05) is 0 Å². The molecule has 0 aromatic carbocycles. The molecule has 0 radical (unpaired) electrons. The number of aliphatic hydroxyl groups excluding tert-OH is 1. The lowest BCUT2D eigenvalue weighted by Crippen LogP contribution is -2.22. The van der Waals surface area contributed by atoms with Crippen molar-refractivity contribution in [3.05, 3.63) is 0 Å². The van der Waals surface area contributed by atoms with Gasteiger partial charge >= 0.3 is 5.97 Å². The quantitative estimate of drug-likeness (QED) is 0.556. The second-order valence-electron chi connectivity index (χ2n) is 4.07. The number of aliphatic hydroxyl groups is 1. The zero-order valence-electron chi connectivity index (χ0n) is 5.97. The first-order valence-electron chi connectivity index (χ1n) is 4.12. The average Bonchev–Trinajstić information content (AvgIpc) is 2.33. The van der Waals surface area contributed by atoms with Crippen molar-refractivity contribution in [3.8, 4) is 0 Å². The van der Waals surface area contributed by atoms with Crippen molar-refractivity contribution in [1.29, 1.82) is 0 Å². The third-order valence-corrected chi connectivity index (χ3v) is 3.83. The van der Waals surface area contributed by atoms with Crippen molar-refractivity contribution >= 4 is 5.97 Å². The number of carboxylic acid groups (broad SMARTS) is 1. The largest absolute Gasteiger partial charge is 0.481 e. The lowest BCUT2D eigenvalue weighted by atomic mass is 9.97. The molecular weight excluding hydrogens is 144 g/mol. The van der Waals surface area contributed by atoms with Crippen LogP contribution in [-0.4, -0.2) is 22.3 Å². The van der Waals surface area contributed by atoms with E-state index in [9.17, 15) is 9.90 Å². The molecule has 4 aliphatic rings. The van der Waals surface area contributed by atoms with E-state index in [-0.39, 0.29) is 17.9 Å². The molecule has 0 spiro atoms. The van der Waals surface area contributed by atoms with Gasteiger partial charge in [0.15, 0.2) is 0 Å². The molecule has 60 valence electrons. The van der Waals surface area contributed by atoms with Gasteiger partial charge in [0.1, 0.15) is 0 Å². The zero-order chi connectivity index (χ0) is 7.75. The van der Waals surface area contributed by atoms with Crippen LogP contribution < -0.4 is 0 Å². The summed E-state index contributed by atoms with van der Waals surface area (Å²) in [6.07, 6.45) is 0.680. The van der Waals surface area contributed by atoms with Gasteiger partial charge in [-0.3, -0.25) is 4.79 Å². The lowest BCUT2D eigenvalue weighted by molar-refractivity contribution is -0.143. The van der Waals surface area contributed by atoms with Gasteiger partial charge in [-0.25, -0.2) is 0 Å². The van der Waals surface area contributed by atoms with Gasteiger partial charge < -0.3 is 10.2 Å². The van der Waals surface area contributed by atoms with E-state index < -0.39 is 5.97 Å². The van der Waals surface area contributed by atoms with Crippen LogP contribution in [0, 0.1) is 29.6 Å². The second-order valence-corrected chi connectivity index (χ2v) is 4.07. The summed E-state index contributed by atoms with van der Waals surface area (Å²) < 4.78 is 0. The fourth-order valence-corrected chi connectivity index (χ4v) is 3.46. The number of hydrogen-bond donors (Lipinski definition) is 2. The summed E-state index contributed by atoms with van der Waals surface area (Å²) >= 11 is 0. The summed E-state index contributed by atoms with van der Waals surface area (Å²) in [5, 5.41) is 18.3. The Hall–Kier alpha value is -0.570. The molecule has 4 fully saturated rings. The summed E-state index contributed by atoms with van der Waals surface area (Å²) in [4.78, 5) is 10.7. The van der Waals surface area contributed by atoms with Crippen molar-refractivity contribution in [2.24, 2.45) is 29.6 Å². The molecule has 0 amide bonds. The van der Waals surface area contributed by atoms with E-state index in [0.717, 1.165) is 6.42 Å². The number of carbonyl (C=O) groups is 1. The first kappa shape index (κ1) is 6.00. The Labute approximate surface area is 64.0 Å². The minimum Gasteiger partial charge on any atom is -0.481 e. The molecule has 0 heterocycles. The monoisotopic (exact) mass is 154 g/mol. The highest BCUT2D eigenvalue weighted by molar-refractivity contribution is 5.73. The van der Waals surface area contributed by atoms with Gasteiger partial charge in [0.05, 0.1) is 12.0 Å². The first-order chi connectivity index (χ1) is 5.22. The Morgan fingerprint density at radius 2 is 2.00 bits per heavy atom. The summed E-state index contributed by atoms with van der Waals surface area (Å²) in [6.45, 7) is 0. The molecule has 4 bridgehead atoms. The molecular formula is C8H10O3. The highest BCUT2D eigenvalue weighted by Gasteiger charge is 2.75. The number of hydrogen-bond acceptors (Lipinski definition) is 2. The Morgan fingerprint density at radius 3 is 2.18 bits per heavy atom. The van der Waals surface area contributed by atoms with E-state index in [1.54, 1.807) is 0 Å². The third kappa shape index (κ3) is 0.466. The van der Waals surface area contributed by atoms with Gasteiger partial charge in [-0.05, 0) is 30.1 Å². The molecule has 6 atom stereocenters. The molecule has 4 rings (SSSR count). The minimum atomic E-state index is -0.693. The van der Waals surface area contributed by atoms with E-state index in [2.05, 4.69) is 0 Å². The van der Waals surface area contributed by atoms with E-state index >= 15 is 0 Å². The molecule has 4 saturated carbocycles. The van der Waals surface area contributed by atoms with Gasteiger partial charge in [-0.1, -0.05) is 0 Å². The third-order valence-electron chi connectivity index (χ3n) is 3.83. The predicted octanol–water partition coefficient (Wildman–Crippen LogP) is -0.0562. The normalized spacial score (nSPS) is 63.4. The maximum atomic E-state index is 10.7. The van der Waals surface area contributed by atoms with E-state index in [1.165, 1.54) is 0 Å². The van der Waals surface area contributed by atoms with Crippen molar-refractivity contribution in [2.45, 2.75) is 12.5 Å². The van der Waals surface area contributed by atoms with Crippen LogP contribution in [0.1, 0.15) is 6.42 Å². The summed E-state index contributed by atoms with van der Waals surface area (Å²) in [7, 11) is 0. The van der Waals surface area contributed by atoms with Gasteiger partial charge in [0.25, 0.3) is 0 Å². The minimum absolute atomic E-state index is 0.0903. The molecule has 0 aliphatic heterocycles. The van der Waals surface area contributed by atoms with Gasteiger partial charge in [-0.15, -0.1) is 0 Å². The van der Waals surface area contributed by atoms with Crippen LogP contribution in [0.15, 0.2) is 0 Å². The standard InChI is InChI=1S/C8H10O3/c9-7-3-1-2-4(5(2)7)6(3)8(10)11/h2-7,9H,1H2,(H,10,11)/t2-,3-,4-,5-,6-,7+/m0/s1. The second kappa shape index (κ2) is 1.46. The van der Waals surface area contributed by atoms with Crippen molar-refractivity contribution in [2.75, 3.05) is 0 Å². The fraction of sp³-hybridized carbons (Fsp3) is 0.875. The molecule has 3 heteroatoms. The Bertz CT molecular complexity index is 237. The van der Waals surface area contributed by atoms with Crippen molar-refractivity contribution in [1.82, 2.24) is 0 Å². The average molecular weight is 154 g/mol. The molecule has 0 aromatic heterocycles. The van der Waals surface area contributed by atoms with E-state index in [1.807, 2.05) is 0 Å². The lowest BCUT2D eigenvalue weighted by Gasteiger charge is -2.11. The van der Waals surface area contributed by atoms with Crippen LogP contribution in [-0.2, 0) is 4.79 Å². The number of aliphatic carboxylic acids is 1. The Morgan fingerprint density at radius 1 is 1.27 bits per heavy atom. The Kier molecular flexibility index (Phi) is 0.796. The highest BCUT2D eigenvalue weighted by Crippen LogP contribution is 2.73. The molecule has 3 nitrogen and oxygen atoms in total. The molecule has 0 unspecified atom stereocenters. The fourth-order valence-electron chi connectivity index (χ4n) is 3.46. The smallest absolute Gasteiger partial charge is 0.307 e.